The van der Waals surface area contributed by atoms with Crippen molar-refractivity contribution in [3.05, 3.63) is 89.4 Å². The minimum atomic E-state index is -1.05. The monoisotopic (exact) mass is 373 g/mol. The summed E-state index contributed by atoms with van der Waals surface area (Å²) in [6.07, 6.45) is 0.605. The number of benzene rings is 2. The molecule has 0 spiro atoms. The summed E-state index contributed by atoms with van der Waals surface area (Å²) in [6, 6.07) is 18.2. The van der Waals surface area contributed by atoms with E-state index in [1.54, 1.807) is 38.4 Å². The van der Waals surface area contributed by atoms with Crippen LogP contribution in [-0.2, 0) is 11.8 Å². The van der Waals surface area contributed by atoms with Crippen LogP contribution in [-0.4, -0.2) is 26.5 Å². The van der Waals surface area contributed by atoms with Crippen molar-refractivity contribution in [2.24, 2.45) is 7.05 Å². The van der Waals surface area contributed by atoms with Gasteiger partial charge in [0.25, 0.3) is 0 Å². The summed E-state index contributed by atoms with van der Waals surface area (Å²) < 4.78 is 7.14. The van der Waals surface area contributed by atoms with Crippen LogP contribution >= 0.6 is 0 Å². The van der Waals surface area contributed by atoms with E-state index in [0.717, 1.165) is 10.9 Å². The Labute approximate surface area is 161 Å². The second-order valence-electron chi connectivity index (χ2n) is 6.60. The molecule has 0 aliphatic heterocycles. The van der Waals surface area contributed by atoms with Gasteiger partial charge in [-0.2, -0.15) is 5.10 Å². The number of fused-ring (bicyclic) bond motifs is 1. The zero-order valence-electron chi connectivity index (χ0n) is 15.5. The Hall–Kier alpha value is -3.67. The number of ether oxygens (including phenoxy) is 1. The lowest BCUT2D eigenvalue weighted by molar-refractivity contribution is 0.0270. The summed E-state index contributed by atoms with van der Waals surface area (Å²) >= 11 is 0. The number of aryl methyl sites for hydroxylation is 2. The van der Waals surface area contributed by atoms with E-state index in [0.29, 0.717) is 22.5 Å². The fourth-order valence-electron chi connectivity index (χ4n) is 3.29. The van der Waals surface area contributed by atoms with E-state index >= 15 is 0 Å². The molecule has 0 aliphatic rings. The van der Waals surface area contributed by atoms with Crippen molar-refractivity contribution < 1.29 is 14.3 Å². The summed E-state index contributed by atoms with van der Waals surface area (Å²) in [7, 11) is 1.67. The third-order valence-electron chi connectivity index (χ3n) is 4.63. The molecule has 1 atom stereocenters. The molecule has 2 aromatic heterocycles. The third kappa shape index (κ3) is 3.20. The predicted octanol–water partition coefficient (Wildman–Crippen LogP) is 3.99. The van der Waals surface area contributed by atoms with Crippen molar-refractivity contribution in [2.45, 2.75) is 13.0 Å². The maximum absolute atomic E-state index is 13.4. The Morgan fingerprint density at radius 2 is 1.79 bits per heavy atom. The first-order valence-electron chi connectivity index (χ1n) is 8.91. The van der Waals surface area contributed by atoms with Crippen LogP contribution in [0.15, 0.2) is 66.9 Å². The molecule has 2 aromatic carbocycles. The van der Waals surface area contributed by atoms with Crippen molar-refractivity contribution >= 4 is 22.7 Å². The molecule has 0 radical (unpaired) electrons. The second kappa shape index (κ2) is 7.15. The van der Waals surface area contributed by atoms with Gasteiger partial charge in [-0.1, -0.05) is 48.5 Å². The first-order chi connectivity index (χ1) is 13.5. The van der Waals surface area contributed by atoms with Crippen molar-refractivity contribution in [1.82, 2.24) is 14.8 Å². The minimum Gasteiger partial charge on any atom is -0.444 e. The van der Waals surface area contributed by atoms with Crippen molar-refractivity contribution in [1.29, 1.82) is 0 Å². The molecule has 4 rings (SSSR count). The average molecular weight is 373 g/mol. The molecule has 0 fully saturated rings. The molecule has 0 saturated carbocycles. The molecule has 6 nitrogen and oxygen atoms in total. The van der Waals surface area contributed by atoms with Gasteiger partial charge in [0, 0.05) is 35.3 Å². The Bertz CT molecular complexity index is 1160. The Morgan fingerprint density at radius 1 is 1.07 bits per heavy atom. The number of hydrogen-bond acceptors (Lipinski definition) is 4. The Morgan fingerprint density at radius 3 is 2.50 bits per heavy atom. The molecule has 0 saturated heterocycles. The minimum absolute atomic E-state index is 0.282. The zero-order valence-corrected chi connectivity index (χ0v) is 15.5. The van der Waals surface area contributed by atoms with E-state index in [4.69, 9.17) is 4.74 Å². The van der Waals surface area contributed by atoms with E-state index in [9.17, 15) is 9.59 Å². The smallest absolute Gasteiger partial charge is 0.357 e. The van der Waals surface area contributed by atoms with Gasteiger partial charge in [0.05, 0.1) is 5.69 Å². The number of nitrogens with one attached hydrogen (secondary N) is 1. The van der Waals surface area contributed by atoms with Crippen LogP contribution < -0.4 is 0 Å². The first kappa shape index (κ1) is 17.7. The normalized spacial score (nSPS) is 12.1. The van der Waals surface area contributed by atoms with Crippen molar-refractivity contribution in [3.63, 3.8) is 0 Å². The number of carbonyl (C=O) groups is 2. The average Bonchev–Trinajstić information content (AvgIpc) is 3.28. The number of nitrogens with zero attached hydrogens (tertiary/aromatic N) is 2. The summed E-state index contributed by atoms with van der Waals surface area (Å²) in [5.41, 5.74) is 2.95. The van der Waals surface area contributed by atoms with Gasteiger partial charge in [-0.3, -0.25) is 9.48 Å². The number of carbonyl (C=O) groups excluding carboxylic acids is 2. The lowest BCUT2D eigenvalue weighted by Gasteiger charge is -2.17. The predicted molar refractivity (Wildman–Crippen MR) is 105 cm³/mol. The van der Waals surface area contributed by atoms with Gasteiger partial charge < -0.3 is 9.72 Å². The van der Waals surface area contributed by atoms with Gasteiger partial charge in [-0.15, -0.1) is 0 Å². The largest absolute Gasteiger partial charge is 0.444 e. The first-order valence-corrected chi connectivity index (χ1v) is 8.91. The zero-order chi connectivity index (χ0) is 19.7. The summed E-state index contributed by atoms with van der Waals surface area (Å²) in [4.78, 5) is 29.2. The number of ketones is 1. The number of aromatic nitrogens is 3. The molecule has 0 bridgehead atoms. The van der Waals surface area contributed by atoms with E-state index in [2.05, 4.69) is 10.1 Å². The van der Waals surface area contributed by atoms with E-state index in [1.165, 1.54) is 4.68 Å². The highest BCUT2D eigenvalue weighted by atomic mass is 16.5. The molecule has 1 N–H and O–H groups in total. The molecule has 1 unspecified atom stereocenters. The van der Waals surface area contributed by atoms with E-state index in [-0.39, 0.29) is 5.78 Å². The van der Waals surface area contributed by atoms with Crippen molar-refractivity contribution in [2.75, 3.05) is 0 Å². The summed E-state index contributed by atoms with van der Waals surface area (Å²) in [5, 5.41) is 4.97. The van der Waals surface area contributed by atoms with E-state index in [1.807, 2.05) is 42.5 Å². The fraction of sp³-hybridized carbons (Fsp3) is 0.136. The molecule has 140 valence electrons. The highest BCUT2D eigenvalue weighted by Gasteiger charge is 2.29. The van der Waals surface area contributed by atoms with Crippen LogP contribution in [0.4, 0.5) is 0 Å². The SMILES string of the molecule is Cc1cc(C(=O)OC(C(=O)c2c[nH]c3ccccc23)c2ccccc2)n(C)n1. The molecular weight excluding hydrogens is 354 g/mol. The van der Waals surface area contributed by atoms with Gasteiger partial charge in [0.15, 0.2) is 6.10 Å². The van der Waals surface area contributed by atoms with Gasteiger partial charge >= 0.3 is 5.97 Å². The van der Waals surface area contributed by atoms with Crippen LogP contribution in [0.1, 0.15) is 38.2 Å². The Balaban J connectivity index is 1.73. The summed E-state index contributed by atoms with van der Waals surface area (Å²) in [5.74, 6) is -0.874. The van der Waals surface area contributed by atoms with Gasteiger partial charge in [-0.25, -0.2) is 4.79 Å². The number of aromatic amines is 1. The number of para-hydroxylation sites is 1. The number of Topliss-reactive ketones (excluding diaryl/α,β-unsaturated/α-hetero) is 1. The van der Waals surface area contributed by atoms with Crippen LogP contribution in [0.3, 0.4) is 0 Å². The van der Waals surface area contributed by atoms with Crippen LogP contribution in [0.2, 0.25) is 0 Å². The van der Waals surface area contributed by atoms with Gasteiger partial charge in [0.1, 0.15) is 5.69 Å². The standard InChI is InChI=1S/C22H19N3O3/c1-14-12-19(25(2)24-14)22(27)28-21(15-8-4-3-5-9-15)20(26)17-13-23-18-11-7-6-10-16(17)18/h3-13,21,23H,1-2H3. The topological polar surface area (TPSA) is 77.0 Å². The summed E-state index contributed by atoms with van der Waals surface area (Å²) in [6.45, 7) is 1.79. The van der Waals surface area contributed by atoms with E-state index < -0.39 is 12.1 Å². The fourth-order valence-corrected chi connectivity index (χ4v) is 3.29. The quantitative estimate of drug-likeness (QED) is 0.424. The molecular formula is C22H19N3O3. The number of hydrogen-bond donors (Lipinski definition) is 1. The third-order valence-corrected chi connectivity index (χ3v) is 4.63. The lowest BCUT2D eigenvalue weighted by atomic mass is 9.99. The highest BCUT2D eigenvalue weighted by molar-refractivity contribution is 6.10. The second-order valence-corrected chi connectivity index (χ2v) is 6.60. The molecule has 0 amide bonds. The van der Waals surface area contributed by atoms with Gasteiger partial charge in [0.2, 0.25) is 5.78 Å². The molecule has 6 heteroatoms. The molecule has 0 aliphatic carbocycles. The maximum Gasteiger partial charge on any atom is 0.357 e. The maximum atomic E-state index is 13.4. The molecule has 4 aromatic rings. The number of H-pyrrole nitrogens is 1. The molecule has 28 heavy (non-hydrogen) atoms. The van der Waals surface area contributed by atoms with Crippen molar-refractivity contribution in [3.8, 4) is 0 Å². The number of rotatable bonds is 5. The van der Waals surface area contributed by atoms with Crippen LogP contribution in [0.5, 0.6) is 0 Å². The lowest BCUT2D eigenvalue weighted by Crippen LogP contribution is -2.21. The number of esters is 1. The van der Waals surface area contributed by atoms with Crippen LogP contribution in [0.25, 0.3) is 10.9 Å². The van der Waals surface area contributed by atoms with Crippen LogP contribution in [0, 0.1) is 6.92 Å². The van der Waals surface area contributed by atoms with Gasteiger partial charge in [-0.05, 0) is 19.1 Å². The highest BCUT2D eigenvalue weighted by Crippen LogP contribution is 2.28. The Kier molecular flexibility index (Phi) is 4.53. The molecule has 2 heterocycles.